The summed E-state index contributed by atoms with van der Waals surface area (Å²) in [6, 6.07) is 0. The first-order valence-corrected chi connectivity index (χ1v) is 29.8. The van der Waals surface area contributed by atoms with Gasteiger partial charge in [0.05, 0.1) is 34.4 Å². The maximum absolute atomic E-state index is 12.8. The zero-order valence-corrected chi connectivity index (χ0v) is 46.4. The van der Waals surface area contributed by atoms with Gasteiger partial charge in [0, 0.05) is 13.0 Å². The average Bonchev–Trinajstić information content (AvgIpc) is 3.31. The second-order valence-electron chi connectivity index (χ2n) is 19.9. The van der Waals surface area contributed by atoms with Crippen molar-refractivity contribution in [3.8, 4) is 0 Å². The van der Waals surface area contributed by atoms with Gasteiger partial charge in [0.1, 0.15) is 19.3 Å². The maximum Gasteiger partial charge on any atom is 0.472 e. The molecule has 9 heteroatoms. The van der Waals surface area contributed by atoms with Crippen LogP contribution in [0, 0.1) is 0 Å². The van der Waals surface area contributed by atoms with Crippen molar-refractivity contribution in [2.24, 2.45) is 0 Å². The first-order chi connectivity index (χ1) is 33.6. The van der Waals surface area contributed by atoms with E-state index in [1.165, 1.54) is 128 Å². The molecule has 0 bridgehead atoms. The van der Waals surface area contributed by atoms with Gasteiger partial charge in [-0.1, -0.05) is 221 Å². The molecule has 8 nitrogen and oxygen atoms in total. The summed E-state index contributed by atoms with van der Waals surface area (Å²) in [7, 11) is 1.65. The molecular weight excluding hydrogens is 878 g/mol. The minimum absolute atomic E-state index is 0.0815. The van der Waals surface area contributed by atoms with Gasteiger partial charge in [-0.15, -0.1) is 0 Å². The fraction of sp³-hybridized carbons (Fsp3) is 0.750. The predicted molar refractivity (Wildman–Crippen MR) is 298 cm³/mol. The smallest absolute Gasteiger partial charge is 0.457 e. The molecular formula is C60H109NO7P+. The molecule has 0 amide bonds. The lowest BCUT2D eigenvalue weighted by Gasteiger charge is -2.24. The predicted octanol–water partition coefficient (Wildman–Crippen LogP) is 18.0. The summed E-state index contributed by atoms with van der Waals surface area (Å²) < 4.78 is 35.2. The number of allylic oxidation sites excluding steroid dienone is 14. The van der Waals surface area contributed by atoms with E-state index in [0.717, 1.165) is 83.5 Å². The van der Waals surface area contributed by atoms with Gasteiger partial charge in [0.2, 0.25) is 0 Å². The fourth-order valence-corrected chi connectivity index (χ4v) is 8.35. The Bertz CT molecular complexity index is 1380. The van der Waals surface area contributed by atoms with Crippen molar-refractivity contribution < 1.29 is 37.3 Å². The topological polar surface area (TPSA) is 91.3 Å². The highest BCUT2D eigenvalue weighted by atomic mass is 31.2. The van der Waals surface area contributed by atoms with Gasteiger partial charge in [-0.2, -0.15) is 0 Å². The van der Waals surface area contributed by atoms with Crippen LogP contribution in [0.2, 0.25) is 0 Å². The molecule has 0 radical (unpaired) electrons. The number of carbonyl (C=O) groups excluding carboxylic acids is 1. The fourth-order valence-electron chi connectivity index (χ4n) is 7.61. The van der Waals surface area contributed by atoms with Crippen molar-refractivity contribution in [1.82, 2.24) is 0 Å². The normalized spacial score (nSPS) is 14.1. The lowest BCUT2D eigenvalue weighted by molar-refractivity contribution is -0.870. The summed E-state index contributed by atoms with van der Waals surface area (Å²) in [6.07, 6.45) is 70.7. The van der Waals surface area contributed by atoms with E-state index >= 15 is 0 Å². The summed E-state index contributed by atoms with van der Waals surface area (Å²) in [5.74, 6) is -0.321. The van der Waals surface area contributed by atoms with Crippen molar-refractivity contribution in [2.45, 2.75) is 238 Å². The largest absolute Gasteiger partial charge is 0.472 e. The molecule has 400 valence electrons. The SMILES string of the molecule is CC/C=C\C/C=C\C/C=C\C/C=C\C/C=C\CCCCCCCCOCC(COP(=O)(O)OCC[N+](C)(C)C)OC(=O)CCCCCCCCCCCCCCC/C=C\C/C=C\CCCCCCC. The molecule has 0 saturated heterocycles. The third-order valence-corrected chi connectivity index (χ3v) is 12.9. The zero-order chi connectivity index (χ0) is 50.5. The molecule has 0 rings (SSSR count). The van der Waals surface area contributed by atoms with E-state index in [-0.39, 0.29) is 25.8 Å². The third kappa shape index (κ3) is 56.5. The number of esters is 1. The number of likely N-dealkylation sites (N-methyl/N-ethyl adjacent to an activating group) is 1. The Morgan fingerprint density at radius 2 is 0.841 bits per heavy atom. The average molecular weight is 988 g/mol. The Hall–Kier alpha value is -2.32. The molecule has 2 atom stereocenters. The Balaban J connectivity index is 4.13. The standard InChI is InChI=1S/C60H108NO7P/c1-6-8-10-12-14-16-18-20-22-24-26-28-30-31-32-33-35-37-39-41-43-45-47-49-51-53-60(62)68-59(58-67-69(63,64)66-56-54-61(3,4)5)57-65-55-52-50-48-46-44-42-40-38-36-34-29-27-25-23-21-19-17-15-13-11-9-7-2/h9,11,15,17-18,20-21,23-24,26-27,29,36,38,59H,6-8,10,12-14,16,19,22,25,28,30-35,37,39-58H2,1-5H3/p+1/b11-9-,17-15-,20-18-,23-21-,26-24-,29-27-,38-36-. The maximum atomic E-state index is 12.8. The van der Waals surface area contributed by atoms with Crippen LogP contribution in [0.3, 0.4) is 0 Å². The van der Waals surface area contributed by atoms with Gasteiger partial charge in [0.15, 0.2) is 0 Å². The van der Waals surface area contributed by atoms with E-state index in [2.05, 4.69) is 98.9 Å². The van der Waals surface area contributed by atoms with Crippen LogP contribution in [0.4, 0.5) is 0 Å². The highest BCUT2D eigenvalue weighted by Crippen LogP contribution is 2.43. The van der Waals surface area contributed by atoms with Gasteiger partial charge >= 0.3 is 13.8 Å². The lowest BCUT2D eigenvalue weighted by atomic mass is 10.0. The van der Waals surface area contributed by atoms with Gasteiger partial charge in [-0.3, -0.25) is 13.8 Å². The van der Waals surface area contributed by atoms with E-state index in [1.807, 2.05) is 21.1 Å². The first kappa shape index (κ1) is 66.7. The number of hydrogen-bond acceptors (Lipinski definition) is 6. The number of quaternary nitrogens is 1. The second-order valence-corrected chi connectivity index (χ2v) is 21.4. The van der Waals surface area contributed by atoms with E-state index in [9.17, 15) is 14.3 Å². The zero-order valence-electron chi connectivity index (χ0n) is 45.5. The van der Waals surface area contributed by atoms with E-state index in [0.29, 0.717) is 24.1 Å². The van der Waals surface area contributed by atoms with Crippen LogP contribution in [-0.2, 0) is 27.9 Å². The molecule has 1 N–H and O–H groups in total. The highest BCUT2D eigenvalue weighted by Gasteiger charge is 2.26. The quantitative estimate of drug-likeness (QED) is 0.0213. The summed E-state index contributed by atoms with van der Waals surface area (Å²) >= 11 is 0. The van der Waals surface area contributed by atoms with Crippen LogP contribution in [0.25, 0.3) is 0 Å². The molecule has 2 unspecified atom stereocenters. The van der Waals surface area contributed by atoms with Crippen molar-refractivity contribution in [3.05, 3.63) is 85.1 Å². The number of hydrogen-bond donors (Lipinski definition) is 1. The molecule has 0 heterocycles. The minimum Gasteiger partial charge on any atom is -0.457 e. The molecule has 0 saturated carbocycles. The van der Waals surface area contributed by atoms with Gasteiger partial charge in [0.25, 0.3) is 0 Å². The van der Waals surface area contributed by atoms with Crippen molar-refractivity contribution in [3.63, 3.8) is 0 Å². The van der Waals surface area contributed by atoms with Crippen LogP contribution < -0.4 is 0 Å². The number of carbonyl (C=O) groups is 1. The van der Waals surface area contributed by atoms with Crippen LogP contribution in [0.1, 0.15) is 232 Å². The molecule has 0 aromatic heterocycles. The number of rotatable bonds is 52. The van der Waals surface area contributed by atoms with E-state index < -0.39 is 13.9 Å². The first-order valence-electron chi connectivity index (χ1n) is 28.3. The Morgan fingerprint density at radius 3 is 1.26 bits per heavy atom. The number of ether oxygens (including phenoxy) is 2. The van der Waals surface area contributed by atoms with Crippen LogP contribution in [0.5, 0.6) is 0 Å². The Kier molecular flexibility index (Phi) is 50.3. The van der Waals surface area contributed by atoms with Crippen LogP contribution >= 0.6 is 7.82 Å². The molecule has 0 spiro atoms. The van der Waals surface area contributed by atoms with Gasteiger partial charge in [-0.05, 0) is 89.9 Å². The molecule has 69 heavy (non-hydrogen) atoms. The highest BCUT2D eigenvalue weighted by molar-refractivity contribution is 7.47. The molecule has 0 aromatic carbocycles. The summed E-state index contributed by atoms with van der Waals surface area (Å²) in [4.78, 5) is 23.1. The number of unbranched alkanes of at least 4 members (excludes halogenated alkanes) is 24. The van der Waals surface area contributed by atoms with Crippen molar-refractivity contribution in [2.75, 3.05) is 54.1 Å². The number of phosphoric ester groups is 1. The van der Waals surface area contributed by atoms with Crippen LogP contribution in [-0.4, -0.2) is 75.6 Å². The van der Waals surface area contributed by atoms with Crippen molar-refractivity contribution in [1.29, 1.82) is 0 Å². The van der Waals surface area contributed by atoms with Gasteiger partial charge in [-0.25, -0.2) is 4.57 Å². The Labute approximate surface area is 426 Å². The minimum atomic E-state index is -4.29. The number of phosphoric acid groups is 1. The number of nitrogens with zero attached hydrogens (tertiary/aromatic N) is 1. The van der Waals surface area contributed by atoms with Crippen molar-refractivity contribution >= 4 is 13.8 Å². The lowest BCUT2D eigenvalue weighted by Crippen LogP contribution is -2.37. The Morgan fingerprint density at radius 1 is 0.464 bits per heavy atom. The summed E-state index contributed by atoms with van der Waals surface area (Å²) in [6.45, 7) is 5.47. The molecule has 0 aliphatic heterocycles. The molecule has 0 aliphatic carbocycles. The third-order valence-electron chi connectivity index (χ3n) is 11.9. The molecule has 0 aliphatic rings. The molecule has 0 aromatic rings. The summed E-state index contributed by atoms with van der Waals surface area (Å²) in [5, 5.41) is 0. The van der Waals surface area contributed by atoms with E-state index in [4.69, 9.17) is 18.5 Å². The second kappa shape index (κ2) is 52.0. The van der Waals surface area contributed by atoms with Gasteiger partial charge < -0.3 is 18.9 Å². The monoisotopic (exact) mass is 987 g/mol. The van der Waals surface area contributed by atoms with E-state index in [1.54, 1.807) is 0 Å². The summed E-state index contributed by atoms with van der Waals surface area (Å²) in [5.41, 5.74) is 0. The molecule has 0 fully saturated rings. The van der Waals surface area contributed by atoms with Crippen LogP contribution in [0.15, 0.2) is 85.1 Å².